The van der Waals surface area contributed by atoms with Crippen LogP contribution in [0.15, 0.2) is 30.3 Å². The summed E-state index contributed by atoms with van der Waals surface area (Å²) in [6, 6.07) is 9.50. The van der Waals surface area contributed by atoms with E-state index in [1.54, 1.807) is 0 Å². The van der Waals surface area contributed by atoms with Crippen molar-refractivity contribution in [2.45, 2.75) is 32.2 Å². The third-order valence-electron chi connectivity index (χ3n) is 3.63. The first kappa shape index (κ1) is 15.4. The van der Waals surface area contributed by atoms with Gasteiger partial charge in [0.1, 0.15) is 0 Å². The number of urea groups is 1. The Balaban J connectivity index is 1.59. The highest BCUT2D eigenvalue weighted by molar-refractivity contribution is 5.78. The predicted molar refractivity (Wildman–Crippen MR) is 81.7 cm³/mol. The first-order valence-electron chi connectivity index (χ1n) is 7.59. The van der Waals surface area contributed by atoms with Gasteiger partial charge in [0.05, 0.1) is 0 Å². The second-order valence-corrected chi connectivity index (χ2v) is 5.29. The largest absolute Gasteiger partial charge is 0.343 e. The zero-order valence-corrected chi connectivity index (χ0v) is 12.3. The van der Waals surface area contributed by atoms with Gasteiger partial charge in [-0.05, 0) is 24.8 Å². The second-order valence-electron chi connectivity index (χ2n) is 5.29. The molecule has 0 aliphatic carbocycles. The Morgan fingerprint density at radius 2 is 1.71 bits per heavy atom. The number of likely N-dealkylation sites (tertiary alicyclic amines) is 1. The van der Waals surface area contributed by atoms with Crippen LogP contribution in [0.25, 0.3) is 0 Å². The Bertz CT molecular complexity index is 456. The summed E-state index contributed by atoms with van der Waals surface area (Å²) < 4.78 is 0. The molecular formula is C16H23N3O2. The Morgan fingerprint density at radius 3 is 2.43 bits per heavy atom. The summed E-state index contributed by atoms with van der Waals surface area (Å²) in [5.41, 5.74) is 1.05. The minimum absolute atomic E-state index is 0.137. The van der Waals surface area contributed by atoms with Crippen LogP contribution in [0.4, 0.5) is 4.79 Å². The van der Waals surface area contributed by atoms with E-state index < -0.39 is 0 Å². The fraction of sp³-hybridized carbons (Fsp3) is 0.500. The molecule has 1 aromatic rings. The van der Waals surface area contributed by atoms with Gasteiger partial charge < -0.3 is 15.5 Å². The van der Waals surface area contributed by atoms with E-state index in [4.69, 9.17) is 0 Å². The number of nitrogens with one attached hydrogen (secondary N) is 2. The molecule has 2 rings (SSSR count). The summed E-state index contributed by atoms with van der Waals surface area (Å²) >= 11 is 0. The minimum atomic E-state index is -0.231. The van der Waals surface area contributed by atoms with Crippen LogP contribution in [0, 0.1) is 0 Å². The molecule has 0 unspecified atom stereocenters. The van der Waals surface area contributed by atoms with Gasteiger partial charge >= 0.3 is 6.03 Å². The molecule has 1 aromatic carbocycles. The van der Waals surface area contributed by atoms with Crippen LogP contribution in [-0.2, 0) is 11.3 Å². The minimum Gasteiger partial charge on any atom is -0.343 e. The van der Waals surface area contributed by atoms with E-state index in [0.29, 0.717) is 19.5 Å². The van der Waals surface area contributed by atoms with Crippen LogP contribution in [0.3, 0.4) is 0 Å². The molecule has 1 aliphatic heterocycles. The van der Waals surface area contributed by atoms with E-state index in [9.17, 15) is 9.59 Å². The van der Waals surface area contributed by atoms with E-state index in [-0.39, 0.29) is 11.9 Å². The van der Waals surface area contributed by atoms with Crippen molar-refractivity contribution in [1.29, 1.82) is 0 Å². The van der Waals surface area contributed by atoms with Gasteiger partial charge in [-0.1, -0.05) is 30.3 Å². The van der Waals surface area contributed by atoms with Gasteiger partial charge in [-0.15, -0.1) is 0 Å². The van der Waals surface area contributed by atoms with Crippen molar-refractivity contribution >= 4 is 11.9 Å². The quantitative estimate of drug-likeness (QED) is 0.869. The van der Waals surface area contributed by atoms with E-state index >= 15 is 0 Å². The highest BCUT2D eigenvalue weighted by atomic mass is 16.2. The zero-order chi connectivity index (χ0) is 14.9. The van der Waals surface area contributed by atoms with Crippen molar-refractivity contribution in [2.75, 3.05) is 19.6 Å². The maximum Gasteiger partial charge on any atom is 0.315 e. The van der Waals surface area contributed by atoms with Crippen molar-refractivity contribution in [2.24, 2.45) is 0 Å². The normalized spacial score (nSPS) is 14.6. The van der Waals surface area contributed by atoms with Crippen LogP contribution in [0.2, 0.25) is 0 Å². The van der Waals surface area contributed by atoms with Crippen LogP contribution < -0.4 is 10.6 Å². The maximum atomic E-state index is 11.9. The highest BCUT2D eigenvalue weighted by Gasteiger charge is 2.15. The SMILES string of the molecule is O=C(NCCC(=O)N1CCCCC1)NCc1ccccc1. The van der Waals surface area contributed by atoms with Gasteiger partial charge in [-0.25, -0.2) is 4.79 Å². The molecule has 0 radical (unpaired) electrons. The molecule has 1 fully saturated rings. The summed E-state index contributed by atoms with van der Waals surface area (Å²) in [5, 5.41) is 5.50. The summed E-state index contributed by atoms with van der Waals surface area (Å²) in [7, 11) is 0. The Labute approximate surface area is 125 Å². The van der Waals surface area contributed by atoms with Crippen molar-refractivity contribution < 1.29 is 9.59 Å². The number of rotatable bonds is 5. The molecule has 3 amide bonds. The third kappa shape index (κ3) is 5.45. The van der Waals surface area contributed by atoms with Crippen molar-refractivity contribution in [3.8, 4) is 0 Å². The van der Waals surface area contributed by atoms with Gasteiger partial charge in [0.25, 0.3) is 0 Å². The third-order valence-corrected chi connectivity index (χ3v) is 3.63. The molecule has 21 heavy (non-hydrogen) atoms. The Morgan fingerprint density at radius 1 is 1.00 bits per heavy atom. The molecule has 0 spiro atoms. The van der Waals surface area contributed by atoms with Crippen molar-refractivity contribution in [3.63, 3.8) is 0 Å². The summed E-state index contributed by atoms with van der Waals surface area (Å²) in [4.78, 5) is 25.4. The molecule has 0 bridgehead atoms. The van der Waals surface area contributed by atoms with E-state index in [1.165, 1.54) is 6.42 Å². The van der Waals surface area contributed by atoms with Gasteiger partial charge in [0.2, 0.25) is 5.91 Å². The number of hydrogen-bond acceptors (Lipinski definition) is 2. The Kier molecular flexibility index (Phi) is 6.06. The maximum absolute atomic E-state index is 11.9. The van der Waals surface area contributed by atoms with Gasteiger partial charge in [-0.2, -0.15) is 0 Å². The number of piperidine rings is 1. The topological polar surface area (TPSA) is 61.4 Å². The number of carbonyl (C=O) groups excluding carboxylic acids is 2. The number of carbonyl (C=O) groups is 2. The molecule has 0 atom stereocenters. The lowest BCUT2D eigenvalue weighted by Crippen LogP contribution is -2.40. The molecule has 5 nitrogen and oxygen atoms in total. The van der Waals surface area contributed by atoms with Gasteiger partial charge in [0, 0.05) is 32.6 Å². The number of hydrogen-bond donors (Lipinski definition) is 2. The van der Waals surface area contributed by atoms with E-state index in [0.717, 1.165) is 31.5 Å². The van der Waals surface area contributed by atoms with Crippen molar-refractivity contribution in [3.05, 3.63) is 35.9 Å². The average molecular weight is 289 g/mol. The zero-order valence-electron chi connectivity index (χ0n) is 12.3. The predicted octanol–water partition coefficient (Wildman–Crippen LogP) is 1.89. The van der Waals surface area contributed by atoms with Crippen LogP contribution in [-0.4, -0.2) is 36.5 Å². The first-order valence-corrected chi connectivity index (χ1v) is 7.59. The summed E-state index contributed by atoms with van der Waals surface area (Å²) in [6.07, 6.45) is 3.77. The molecule has 1 saturated heterocycles. The van der Waals surface area contributed by atoms with Gasteiger partial charge in [-0.3, -0.25) is 4.79 Å². The lowest BCUT2D eigenvalue weighted by Gasteiger charge is -2.26. The molecule has 1 aliphatic rings. The molecule has 0 aromatic heterocycles. The molecule has 5 heteroatoms. The molecule has 0 saturated carbocycles. The van der Waals surface area contributed by atoms with Crippen molar-refractivity contribution in [1.82, 2.24) is 15.5 Å². The standard InChI is InChI=1S/C16H23N3O2/c20-15(19-11-5-2-6-12-19)9-10-17-16(21)18-13-14-7-3-1-4-8-14/h1,3-4,7-8H,2,5-6,9-13H2,(H2,17,18,21). The monoisotopic (exact) mass is 289 g/mol. The average Bonchev–Trinajstić information content (AvgIpc) is 2.54. The summed E-state index contributed by atoms with van der Waals surface area (Å²) in [6.45, 7) is 2.60. The lowest BCUT2D eigenvalue weighted by molar-refractivity contribution is -0.131. The first-order chi connectivity index (χ1) is 10.3. The van der Waals surface area contributed by atoms with Crippen LogP contribution in [0.5, 0.6) is 0 Å². The number of nitrogens with zero attached hydrogens (tertiary/aromatic N) is 1. The van der Waals surface area contributed by atoms with E-state index in [2.05, 4.69) is 10.6 Å². The molecule has 2 N–H and O–H groups in total. The molecule has 1 heterocycles. The van der Waals surface area contributed by atoms with Gasteiger partial charge in [0.15, 0.2) is 0 Å². The highest BCUT2D eigenvalue weighted by Crippen LogP contribution is 2.09. The van der Waals surface area contributed by atoms with E-state index in [1.807, 2.05) is 35.2 Å². The number of benzene rings is 1. The van der Waals surface area contributed by atoms with Crippen LogP contribution >= 0.6 is 0 Å². The van der Waals surface area contributed by atoms with Crippen LogP contribution in [0.1, 0.15) is 31.2 Å². The number of amides is 3. The fourth-order valence-corrected chi connectivity index (χ4v) is 2.43. The molecular weight excluding hydrogens is 266 g/mol. The lowest BCUT2D eigenvalue weighted by atomic mass is 10.1. The molecule has 114 valence electrons. The Hall–Kier alpha value is -2.04. The summed E-state index contributed by atoms with van der Waals surface area (Å²) in [5.74, 6) is 0.137. The second kappa shape index (κ2) is 8.29. The fourth-order valence-electron chi connectivity index (χ4n) is 2.43. The smallest absolute Gasteiger partial charge is 0.315 e.